The van der Waals surface area contributed by atoms with E-state index in [1.807, 2.05) is 60.7 Å². The summed E-state index contributed by atoms with van der Waals surface area (Å²) in [4.78, 5) is 15.0. The molecule has 0 fully saturated rings. The van der Waals surface area contributed by atoms with Crippen LogP contribution in [-0.4, -0.2) is 19.5 Å². The second-order valence-electron chi connectivity index (χ2n) is 12.1. The minimum atomic E-state index is 0.571. The van der Waals surface area contributed by atoms with Crippen molar-refractivity contribution in [1.82, 2.24) is 19.5 Å². The molecule has 0 N–H and O–H groups in total. The lowest BCUT2D eigenvalue weighted by molar-refractivity contribution is 0.669. The zero-order valence-electron chi connectivity index (χ0n) is 25.7. The second-order valence-corrected chi connectivity index (χ2v) is 12.1. The van der Waals surface area contributed by atoms with Gasteiger partial charge in [0.15, 0.2) is 17.5 Å². The highest BCUT2D eigenvalue weighted by Gasteiger charge is 2.18. The summed E-state index contributed by atoms with van der Waals surface area (Å²) in [5.41, 5.74) is 7.69. The predicted molar refractivity (Wildman–Crippen MR) is 195 cm³/mol. The van der Waals surface area contributed by atoms with E-state index in [1.165, 1.54) is 32.6 Å². The van der Waals surface area contributed by atoms with E-state index in [1.54, 1.807) is 0 Å². The molecule has 0 radical (unpaired) electrons. The molecule has 0 aliphatic rings. The van der Waals surface area contributed by atoms with Crippen LogP contribution < -0.4 is 0 Å². The second kappa shape index (κ2) is 10.5. The number of nitrogens with zero attached hydrogens (tertiary/aromatic N) is 4. The highest BCUT2D eigenvalue weighted by atomic mass is 16.3. The highest BCUT2D eigenvalue weighted by molar-refractivity contribution is 6.13. The Hall–Kier alpha value is -6.59. The van der Waals surface area contributed by atoms with Gasteiger partial charge in [-0.15, -0.1) is 0 Å². The van der Waals surface area contributed by atoms with Gasteiger partial charge in [-0.25, -0.2) is 15.0 Å². The molecule has 10 aromatic rings. The molecule has 0 atom stereocenters. The Morgan fingerprint density at radius 3 is 1.85 bits per heavy atom. The van der Waals surface area contributed by atoms with E-state index in [2.05, 4.69) is 102 Å². The molecule has 10 rings (SSSR count). The van der Waals surface area contributed by atoms with Gasteiger partial charge < -0.3 is 8.98 Å². The third-order valence-electron chi connectivity index (χ3n) is 9.24. The Bertz CT molecular complexity index is 2830. The molecule has 0 unspecified atom stereocenters. The van der Waals surface area contributed by atoms with Crippen molar-refractivity contribution in [3.8, 4) is 39.9 Å². The average Bonchev–Trinajstić information content (AvgIpc) is 3.69. The molecule has 5 nitrogen and oxygen atoms in total. The molecule has 0 saturated carbocycles. The first-order chi connectivity index (χ1) is 23.8. The van der Waals surface area contributed by atoms with Crippen molar-refractivity contribution >= 4 is 54.5 Å². The molecule has 0 amide bonds. The van der Waals surface area contributed by atoms with Gasteiger partial charge >= 0.3 is 0 Å². The minimum absolute atomic E-state index is 0.571. The summed E-state index contributed by atoms with van der Waals surface area (Å²) in [6, 6.07) is 54.6. The van der Waals surface area contributed by atoms with Gasteiger partial charge in [0.2, 0.25) is 0 Å². The summed E-state index contributed by atoms with van der Waals surface area (Å²) < 4.78 is 8.72. The van der Waals surface area contributed by atoms with Gasteiger partial charge in [-0.3, -0.25) is 0 Å². The van der Waals surface area contributed by atoms with Crippen LogP contribution in [0, 0.1) is 0 Å². The van der Waals surface area contributed by atoms with Crippen LogP contribution in [0.1, 0.15) is 0 Å². The van der Waals surface area contributed by atoms with E-state index in [0.717, 1.165) is 44.3 Å². The first-order valence-electron chi connectivity index (χ1n) is 16.0. The number of hydrogen-bond donors (Lipinski definition) is 0. The molecule has 0 saturated heterocycles. The van der Waals surface area contributed by atoms with Crippen LogP contribution in [0.3, 0.4) is 0 Å². The molecular formula is C43H26N4O. The van der Waals surface area contributed by atoms with E-state index < -0.39 is 0 Å². The maximum atomic E-state index is 6.38. The van der Waals surface area contributed by atoms with E-state index in [9.17, 15) is 0 Å². The Labute approximate surface area is 275 Å². The predicted octanol–water partition coefficient (Wildman–Crippen LogP) is 11.0. The Balaban J connectivity index is 1.15. The Morgan fingerprint density at radius 1 is 0.417 bits per heavy atom. The number of rotatable bonds is 4. The quantitative estimate of drug-likeness (QED) is 0.198. The van der Waals surface area contributed by atoms with Gasteiger partial charge in [0.1, 0.15) is 11.2 Å². The summed E-state index contributed by atoms with van der Waals surface area (Å²) in [6.07, 6.45) is 0. The lowest BCUT2D eigenvalue weighted by Gasteiger charge is -2.11. The van der Waals surface area contributed by atoms with Gasteiger partial charge in [-0.1, -0.05) is 103 Å². The van der Waals surface area contributed by atoms with Crippen molar-refractivity contribution < 1.29 is 4.42 Å². The maximum Gasteiger partial charge on any atom is 0.167 e. The SMILES string of the molecule is c1ccc(-c2nc(-c3ccc(-n4c5ccccc5c5cc6ccccc6cc54)cc3)nc(-c3cccc4c3oc3ccccc34)n2)cc1. The number of benzene rings is 7. The third-order valence-corrected chi connectivity index (χ3v) is 9.24. The van der Waals surface area contributed by atoms with Crippen molar-refractivity contribution in [2.24, 2.45) is 0 Å². The number of aromatic nitrogens is 4. The monoisotopic (exact) mass is 614 g/mol. The average molecular weight is 615 g/mol. The molecular weight excluding hydrogens is 589 g/mol. The topological polar surface area (TPSA) is 56.7 Å². The summed E-state index contributed by atoms with van der Waals surface area (Å²) in [7, 11) is 0. The van der Waals surface area contributed by atoms with Gasteiger partial charge in [0.05, 0.1) is 16.6 Å². The molecule has 48 heavy (non-hydrogen) atoms. The lowest BCUT2D eigenvalue weighted by atomic mass is 10.1. The van der Waals surface area contributed by atoms with Crippen LogP contribution in [0.2, 0.25) is 0 Å². The Morgan fingerprint density at radius 2 is 1.04 bits per heavy atom. The maximum absolute atomic E-state index is 6.38. The van der Waals surface area contributed by atoms with Crippen LogP contribution in [-0.2, 0) is 0 Å². The van der Waals surface area contributed by atoms with Gasteiger partial charge in [-0.2, -0.15) is 0 Å². The molecule has 7 aromatic carbocycles. The van der Waals surface area contributed by atoms with Crippen LogP contribution in [0.25, 0.3) is 94.4 Å². The number of para-hydroxylation sites is 3. The first-order valence-corrected chi connectivity index (χ1v) is 16.0. The van der Waals surface area contributed by atoms with Crippen LogP contribution >= 0.6 is 0 Å². The number of fused-ring (bicyclic) bond motifs is 7. The molecule has 5 heteroatoms. The standard InChI is InChI=1S/C43H26N4O/c1-2-11-27(12-3-1)41-44-42(46-43(45-41)35-18-10-17-34-33-16-7-9-20-39(33)48-40(34)35)28-21-23-31(24-22-28)47-37-19-8-6-15-32(37)36-25-29-13-4-5-14-30(29)26-38(36)47/h1-26H. The summed E-state index contributed by atoms with van der Waals surface area (Å²) in [5.74, 6) is 1.79. The number of furan rings is 1. The lowest BCUT2D eigenvalue weighted by Crippen LogP contribution is -2.00. The zero-order chi connectivity index (χ0) is 31.6. The van der Waals surface area contributed by atoms with Crippen molar-refractivity contribution in [2.45, 2.75) is 0 Å². The molecule has 3 aromatic heterocycles. The highest BCUT2D eigenvalue weighted by Crippen LogP contribution is 2.37. The van der Waals surface area contributed by atoms with Crippen LogP contribution in [0.15, 0.2) is 162 Å². The zero-order valence-corrected chi connectivity index (χ0v) is 25.7. The van der Waals surface area contributed by atoms with Crippen LogP contribution in [0.5, 0.6) is 0 Å². The first kappa shape index (κ1) is 26.6. The minimum Gasteiger partial charge on any atom is -0.455 e. The summed E-state index contributed by atoms with van der Waals surface area (Å²) in [6.45, 7) is 0. The number of hydrogen-bond acceptors (Lipinski definition) is 4. The fourth-order valence-electron chi connectivity index (χ4n) is 6.96. The van der Waals surface area contributed by atoms with Crippen molar-refractivity contribution in [3.63, 3.8) is 0 Å². The van der Waals surface area contributed by atoms with E-state index >= 15 is 0 Å². The molecule has 224 valence electrons. The summed E-state index contributed by atoms with van der Waals surface area (Å²) in [5, 5.41) is 7.03. The Kier molecular flexibility index (Phi) is 5.81. The van der Waals surface area contributed by atoms with Gasteiger partial charge in [0.25, 0.3) is 0 Å². The smallest absolute Gasteiger partial charge is 0.167 e. The molecule has 0 bridgehead atoms. The summed E-state index contributed by atoms with van der Waals surface area (Å²) >= 11 is 0. The van der Waals surface area contributed by atoms with Gasteiger partial charge in [0, 0.05) is 38.4 Å². The van der Waals surface area contributed by atoms with Gasteiger partial charge in [-0.05, 0) is 65.4 Å². The molecule has 0 aliphatic heterocycles. The largest absolute Gasteiger partial charge is 0.455 e. The molecule has 0 spiro atoms. The molecule has 0 aliphatic carbocycles. The fourth-order valence-corrected chi connectivity index (χ4v) is 6.96. The van der Waals surface area contributed by atoms with Crippen molar-refractivity contribution in [3.05, 3.63) is 158 Å². The van der Waals surface area contributed by atoms with E-state index in [0.29, 0.717) is 17.5 Å². The van der Waals surface area contributed by atoms with E-state index in [4.69, 9.17) is 19.4 Å². The van der Waals surface area contributed by atoms with E-state index in [-0.39, 0.29) is 0 Å². The third kappa shape index (κ3) is 4.15. The van der Waals surface area contributed by atoms with Crippen molar-refractivity contribution in [1.29, 1.82) is 0 Å². The normalized spacial score (nSPS) is 11.8. The van der Waals surface area contributed by atoms with Crippen LogP contribution in [0.4, 0.5) is 0 Å². The van der Waals surface area contributed by atoms with Crippen molar-refractivity contribution in [2.75, 3.05) is 0 Å². The fraction of sp³-hybridized carbons (Fsp3) is 0. The molecule has 3 heterocycles.